The molecule has 0 aromatic heterocycles. The average molecular weight is 221 g/mol. The summed E-state index contributed by atoms with van der Waals surface area (Å²) < 4.78 is 0. The highest BCUT2D eigenvalue weighted by atomic mass is 32.1. The zero-order chi connectivity index (χ0) is 11.4. The van der Waals surface area contributed by atoms with Gasteiger partial charge < -0.3 is 4.90 Å². The summed E-state index contributed by atoms with van der Waals surface area (Å²) in [6.07, 6.45) is 0. The van der Waals surface area contributed by atoms with Crippen LogP contribution >= 0.6 is 12.2 Å². The van der Waals surface area contributed by atoms with Crippen molar-refractivity contribution in [3.05, 3.63) is 29.8 Å². The third-order valence-electron chi connectivity index (χ3n) is 2.11. The Morgan fingerprint density at radius 1 is 1.27 bits per heavy atom. The van der Waals surface area contributed by atoms with Gasteiger partial charge in [-0.25, -0.2) is 0 Å². The first-order chi connectivity index (χ1) is 7.00. The van der Waals surface area contributed by atoms with Gasteiger partial charge in [-0.15, -0.1) is 0 Å². The average Bonchev–Trinajstić information content (AvgIpc) is 2.15. The Bertz CT molecular complexity index is 370. The number of aryl methyl sites for hydroxylation is 1. The summed E-state index contributed by atoms with van der Waals surface area (Å²) in [6, 6.07) is 7.99. The van der Waals surface area contributed by atoms with Crippen LogP contribution in [0.4, 0.5) is 5.69 Å². The van der Waals surface area contributed by atoms with Crippen LogP contribution in [0.25, 0.3) is 0 Å². The number of anilines is 1. The van der Waals surface area contributed by atoms with Crippen molar-refractivity contribution in [2.24, 2.45) is 0 Å². The van der Waals surface area contributed by atoms with Gasteiger partial charge in [-0.2, -0.15) is 0 Å². The molecule has 1 rings (SSSR count). The Kier molecular flexibility index (Phi) is 3.97. The largest absolute Gasteiger partial charge is 0.329 e. The Morgan fingerprint density at radius 2 is 1.80 bits per heavy atom. The van der Waals surface area contributed by atoms with Gasteiger partial charge in [0.2, 0.25) is 0 Å². The van der Waals surface area contributed by atoms with Gasteiger partial charge in [-0.3, -0.25) is 4.79 Å². The normalized spacial score (nSPS) is 9.80. The summed E-state index contributed by atoms with van der Waals surface area (Å²) in [5, 5.41) is 0. The lowest BCUT2D eigenvalue weighted by Gasteiger charge is -2.22. The smallest absolute Gasteiger partial charge is 0.149 e. The molecular weight excluding hydrogens is 206 g/mol. The van der Waals surface area contributed by atoms with E-state index in [0.29, 0.717) is 11.5 Å². The van der Waals surface area contributed by atoms with E-state index in [1.165, 1.54) is 5.56 Å². The minimum atomic E-state index is 0.111. The summed E-state index contributed by atoms with van der Waals surface area (Å²) in [5.41, 5.74) is 2.17. The molecule has 80 valence electrons. The summed E-state index contributed by atoms with van der Waals surface area (Å²) in [6.45, 7) is 5.78. The molecule has 0 aliphatic heterocycles. The van der Waals surface area contributed by atoms with Crippen molar-refractivity contribution in [2.75, 3.05) is 11.4 Å². The topological polar surface area (TPSA) is 20.3 Å². The molecule has 3 heteroatoms. The van der Waals surface area contributed by atoms with E-state index in [-0.39, 0.29) is 5.78 Å². The Morgan fingerprint density at radius 3 is 2.20 bits per heavy atom. The molecule has 0 saturated carbocycles. The van der Waals surface area contributed by atoms with Crippen molar-refractivity contribution in [3.63, 3.8) is 0 Å². The number of ketones is 1. The second-order valence-corrected chi connectivity index (χ2v) is 4.23. The number of nitrogens with zero attached hydrogens (tertiary/aromatic N) is 1. The summed E-state index contributed by atoms with van der Waals surface area (Å²) in [7, 11) is 0. The lowest BCUT2D eigenvalue weighted by molar-refractivity contribution is -0.115. The molecule has 1 aromatic rings. The van der Waals surface area contributed by atoms with Crippen LogP contribution in [0.1, 0.15) is 19.4 Å². The number of thiocarbonyl (C=S) groups is 1. The second-order valence-electron chi connectivity index (χ2n) is 3.64. The fourth-order valence-corrected chi connectivity index (χ4v) is 1.50. The van der Waals surface area contributed by atoms with Crippen LogP contribution in [0.5, 0.6) is 0 Å². The summed E-state index contributed by atoms with van der Waals surface area (Å²) in [4.78, 5) is 13.7. The number of Topliss-reactive ketones (excluding diaryl/α,β-unsaturated/α-hetero) is 1. The van der Waals surface area contributed by atoms with Crippen molar-refractivity contribution >= 4 is 28.7 Å². The quantitative estimate of drug-likeness (QED) is 0.732. The molecule has 0 heterocycles. The van der Waals surface area contributed by atoms with Crippen molar-refractivity contribution < 1.29 is 4.79 Å². The van der Waals surface area contributed by atoms with Gasteiger partial charge >= 0.3 is 0 Å². The zero-order valence-electron chi connectivity index (χ0n) is 9.28. The van der Waals surface area contributed by atoms with E-state index in [2.05, 4.69) is 0 Å². The molecule has 0 bridgehead atoms. The fourth-order valence-electron chi connectivity index (χ4n) is 1.33. The van der Waals surface area contributed by atoms with Crippen molar-refractivity contribution in [3.8, 4) is 0 Å². The van der Waals surface area contributed by atoms with Crippen LogP contribution in [0, 0.1) is 6.92 Å². The van der Waals surface area contributed by atoms with E-state index in [1.54, 1.807) is 6.92 Å². The molecule has 15 heavy (non-hydrogen) atoms. The van der Waals surface area contributed by atoms with E-state index in [0.717, 1.165) is 5.69 Å². The van der Waals surface area contributed by atoms with Crippen molar-refractivity contribution in [2.45, 2.75) is 20.8 Å². The van der Waals surface area contributed by atoms with Gasteiger partial charge in [0.15, 0.2) is 0 Å². The van der Waals surface area contributed by atoms with Crippen LogP contribution in [0.15, 0.2) is 24.3 Å². The minimum absolute atomic E-state index is 0.111. The van der Waals surface area contributed by atoms with Crippen LogP contribution in [-0.2, 0) is 4.79 Å². The van der Waals surface area contributed by atoms with E-state index in [4.69, 9.17) is 12.2 Å². The van der Waals surface area contributed by atoms with Crippen LogP contribution in [0.2, 0.25) is 0 Å². The number of hydrogen-bond acceptors (Lipinski definition) is 2. The first-order valence-corrected chi connectivity index (χ1v) is 5.25. The Balaban J connectivity index is 2.94. The monoisotopic (exact) mass is 221 g/mol. The molecule has 0 radical (unpaired) electrons. The van der Waals surface area contributed by atoms with Gasteiger partial charge in [0.25, 0.3) is 0 Å². The Labute approximate surface area is 95.9 Å². The summed E-state index contributed by atoms with van der Waals surface area (Å²) in [5.74, 6) is 0.111. The van der Waals surface area contributed by atoms with E-state index < -0.39 is 0 Å². The highest BCUT2D eigenvalue weighted by molar-refractivity contribution is 7.80. The number of benzene rings is 1. The fraction of sp³-hybridized carbons (Fsp3) is 0.333. The predicted molar refractivity (Wildman–Crippen MR) is 67.5 cm³/mol. The zero-order valence-corrected chi connectivity index (χ0v) is 10.1. The standard InChI is InChI=1S/C12H15NOS/c1-9-4-6-12(7-5-9)13(11(3)15)8-10(2)14/h4-7H,8H2,1-3H3. The first-order valence-electron chi connectivity index (χ1n) is 4.85. The SMILES string of the molecule is CC(=O)CN(C(C)=S)c1ccc(C)cc1. The highest BCUT2D eigenvalue weighted by Crippen LogP contribution is 2.15. The molecule has 0 fully saturated rings. The molecule has 0 unspecified atom stereocenters. The molecule has 0 saturated heterocycles. The Hall–Kier alpha value is -1.22. The van der Waals surface area contributed by atoms with Crippen LogP contribution < -0.4 is 4.90 Å². The van der Waals surface area contributed by atoms with Crippen LogP contribution in [-0.4, -0.2) is 17.3 Å². The third kappa shape index (κ3) is 3.44. The maximum Gasteiger partial charge on any atom is 0.149 e. The van der Waals surface area contributed by atoms with Gasteiger partial charge in [0, 0.05) is 5.69 Å². The molecule has 0 aliphatic carbocycles. The molecule has 1 aromatic carbocycles. The lowest BCUT2D eigenvalue weighted by atomic mass is 10.2. The van der Waals surface area contributed by atoms with Crippen molar-refractivity contribution in [1.29, 1.82) is 0 Å². The second kappa shape index (κ2) is 5.03. The molecular formula is C12H15NOS. The van der Waals surface area contributed by atoms with E-state index >= 15 is 0 Å². The predicted octanol–water partition coefficient (Wildman–Crippen LogP) is 2.74. The highest BCUT2D eigenvalue weighted by Gasteiger charge is 2.09. The first kappa shape index (κ1) is 11.9. The molecule has 0 aliphatic rings. The van der Waals surface area contributed by atoms with Gasteiger partial charge in [-0.1, -0.05) is 29.9 Å². The molecule has 2 nitrogen and oxygen atoms in total. The third-order valence-corrected chi connectivity index (χ3v) is 2.33. The van der Waals surface area contributed by atoms with Gasteiger partial charge in [0.1, 0.15) is 5.78 Å². The van der Waals surface area contributed by atoms with Gasteiger partial charge in [0.05, 0.1) is 11.5 Å². The maximum absolute atomic E-state index is 11.1. The number of hydrogen-bond donors (Lipinski definition) is 0. The molecule has 0 N–H and O–H groups in total. The minimum Gasteiger partial charge on any atom is -0.329 e. The maximum atomic E-state index is 11.1. The van der Waals surface area contributed by atoms with Crippen molar-refractivity contribution in [1.82, 2.24) is 0 Å². The number of carbonyl (C=O) groups excluding carboxylic acids is 1. The number of carbonyl (C=O) groups is 1. The molecule has 0 amide bonds. The summed E-state index contributed by atoms with van der Waals surface area (Å²) >= 11 is 5.12. The lowest BCUT2D eigenvalue weighted by Crippen LogP contribution is -2.31. The van der Waals surface area contributed by atoms with E-state index in [1.807, 2.05) is 43.0 Å². The van der Waals surface area contributed by atoms with Gasteiger partial charge in [-0.05, 0) is 32.9 Å². The molecule has 0 spiro atoms. The number of rotatable bonds is 3. The van der Waals surface area contributed by atoms with Crippen LogP contribution in [0.3, 0.4) is 0 Å². The molecule has 0 atom stereocenters. The van der Waals surface area contributed by atoms with E-state index in [9.17, 15) is 4.79 Å².